The zero-order valence-corrected chi connectivity index (χ0v) is 12.1. The SMILES string of the molecule is CCN1CCC(CNc2ncc(C)cc2[N+](=O)[O-])CC1. The van der Waals surface area contributed by atoms with E-state index in [9.17, 15) is 10.1 Å². The van der Waals surface area contributed by atoms with Gasteiger partial charge in [-0.3, -0.25) is 10.1 Å². The lowest BCUT2D eigenvalue weighted by molar-refractivity contribution is -0.384. The zero-order chi connectivity index (χ0) is 14.5. The Morgan fingerprint density at radius 2 is 2.20 bits per heavy atom. The maximum Gasteiger partial charge on any atom is 0.311 e. The summed E-state index contributed by atoms with van der Waals surface area (Å²) >= 11 is 0. The second kappa shape index (κ2) is 6.65. The summed E-state index contributed by atoms with van der Waals surface area (Å²) in [5.74, 6) is 0.957. The quantitative estimate of drug-likeness (QED) is 0.661. The number of aromatic nitrogens is 1. The molecule has 1 aliphatic heterocycles. The predicted octanol–water partition coefficient (Wildman–Crippen LogP) is 2.44. The van der Waals surface area contributed by atoms with Gasteiger partial charge in [0.05, 0.1) is 4.92 Å². The lowest BCUT2D eigenvalue weighted by Gasteiger charge is -2.31. The standard InChI is InChI=1S/C14H22N4O2/c1-3-17-6-4-12(5-7-17)10-16-14-13(18(19)20)8-11(2)9-15-14/h8-9,12H,3-7,10H2,1-2H3,(H,15,16). The van der Waals surface area contributed by atoms with Crippen molar-refractivity contribution in [1.29, 1.82) is 0 Å². The molecule has 1 saturated heterocycles. The Morgan fingerprint density at radius 1 is 1.50 bits per heavy atom. The molecular formula is C14H22N4O2. The van der Waals surface area contributed by atoms with Crippen LogP contribution in [0.2, 0.25) is 0 Å². The Hall–Kier alpha value is -1.69. The molecule has 0 spiro atoms. The number of hydrogen-bond donors (Lipinski definition) is 1. The monoisotopic (exact) mass is 278 g/mol. The summed E-state index contributed by atoms with van der Waals surface area (Å²) < 4.78 is 0. The lowest BCUT2D eigenvalue weighted by atomic mass is 9.97. The first-order valence-corrected chi connectivity index (χ1v) is 7.17. The fourth-order valence-corrected chi connectivity index (χ4v) is 2.58. The molecule has 1 N–H and O–H groups in total. The number of nitrogens with zero attached hydrogens (tertiary/aromatic N) is 3. The summed E-state index contributed by atoms with van der Waals surface area (Å²) in [5, 5.41) is 14.2. The van der Waals surface area contributed by atoms with E-state index in [1.165, 1.54) is 0 Å². The highest BCUT2D eigenvalue weighted by atomic mass is 16.6. The average molecular weight is 278 g/mol. The van der Waals surface area contributed by atoms with Crippen molar-refractivity contribution in [3.8, 4) is 0 Å². The van der Waals surface area contributed by atoms with Crippen LogP contribution >= 0.6 is 0 Å². The summed E-state index contributed by atoms with van der Waals surface area (Å²) in [6.45, 7) is 8.08. The van der Waals surface area contributed by atoms with Gasteiger partial charge in [0.2, 0.25) is 5.82 Å². The van der Waals surface area contributed by atoms with Gasteiger partial charge >= 0.3 is 5.69 Å². The van der Waals surface area contributed by atoms with Crippen LogP contribution in [0.3, 0.4) is 0 Å². The van der Waals surface area contributed by atoms with Gasteiger partial charge in [0.25, 0.3) is 0 Å². The molecule has 1 fully saturated rings. The highest BCUT2D eigenvalue weighted by molar-refractivity contribution is 5.56. The fourth-order valence-electron chi connectivity index (χ4n) is 2.58. The first kappa shape index (κ1) is 14.7. The van der Waals surface area contributed by atoms with Gasteiger partial charge in [-0.2, -0.15) is 0 Å². The number of aryl methyl sites for hydroxylation is 1. The van der Waals surface area contributed by atoms with Gasteiger partial charge in [-0.05, 0) is 50.9 Å². The van der Waals surface area contributed by atoms with Gasteiger partial charge in [0, 0.05) is 18.8 Å². The Balaban J connectivity index is 1.93. The summed E-state index contributed by atoms with van der Waals surface area (Å²) in [6, 6.07) is 1.56. The molecule has 1 aliphatic rings. The number of piperidine rings is 1. The van der Waals surface area contributed by atoms with E-state index in [1.54, 1.807) is 12.3 Å². The van der Waals surface area contributed by atoms with Gasteiger partial charge < -0.3 is 10.2 Å². The van der Waals surface area contributed by atoms with Gasteiger partial charge in [-0.25, -0.2) is 4.98 Å². The molecule has 0 radical (unpaired) electrons. The zero-order valence-electron chi connectivity index (χ0n) is 12.1. The van der Waals surface area contributed by atoms with Crippen LogP contribution in [-0.2, 0) is 0 Å². The summed E-state index contributed by atoms with van der Waals surface area (Å²) in [7, 11) is 0. The number of hydrogen-bond acceptors (Lipinski definition) is 5. The fraction of sp³-hybridized carbons (Fsp3) is 0.643. The van der Waals surface area contributed by atoms with Crippen LogP contribution in [0, 0.1) is 23.0 Å². The number of rotatable bonds is 5. The number of nitro groups is 1. The molecule has 2 rings (SSSR count). The van der Waals surface area contributed by atoms with E-state index in [0.29, 0.717) is 11.7 Å². The van der Waals surface area contributed by atoms with E-state index in [2.05, 4.69) is 22.1 Å². The maximum absolute atomic E-state index is 11.0. The molecule has 6 nitrogen and oxygen atoms in total. The number of pyridine rings is 1. The molecule has 0 bridgehead atoms. The molecule has 110 valence electrons. The van der Waals surface area contributed by atoms with E-state index >= 15 is 0 Å². The summed E-state index contributed by atoms with van der Waals surface area (Å²) in [5.41, 5.74) is 0.870. The highest BCUT2D eigenvalue weighted by Crippen LogP contribution is 2.24. The number of anilines is 1. The third kappa shape index (κ3) is 3.66. The van der Waals surface area contributed by atoms with Gasteiger partial charge in [-0.15, -0.1) is 0 Å². The van der Waals surface area contributed by atoms with Crippen LogP contribution < -0.4 is 5.32 Å². The van der Waals surface area contributed by atoms with E-state index in [0.717, 1.165) is 44.6 Å². The second-order valence-electron chi connectivity index (χ2n) is 5.40. The highest BCUT2D eigenvalue weighted by Gasteiger charge is 2.20. The molecule has 20 heavy (non-hydrogen) atoms. The first-order valence-electron chi connectivity index (χ1n) is 7.17. The van der Waals surface area contributed by atoms with E-state index in [1.807, 2.05) is 6.92 Å². The lowest BCUT2D eigenvalue weighted by Crippen LogP contribution is -2.35. The van der Waals surface area contributed by atoms with Gasteiger partial charge in [-0.1, -0.05) is 6.92 Å². The molecule has 0 atom stereocenters. The van der Waals surface area contributed by atoms with Crippen LogP contribution in [-0.4, -0.2) is 41.0 Å². The minimum Gasteiger partial charge on any atom is -0.364 e. The van der Waals surface area contributed by atoms with Crippen LogP contribution in [0.25, 0.3) is 0 Å². The van der Waals surface area contributed by atoms with Crippen molar-refractivity contribution in [2.75, 3.05) is 31.5 Å². The Labute approximate surface area is 119 Å². The van der Waals surface area contributed by atoms with E-state index in [4.69, 9.17) is 0 Å². The summed E-state index contributed by atoms with van der Waals surface area (Å²) in [4.78, 5) is 17.2. The molecule has 2 heterocycles. The van der Waals surface area contributed by atoms with Crippen molar-refractivity contribution in [3.05, 3.63) is 27.9 Å². The van der Waals surface area contributed by atoms with Gasteiger partial charge in [0.1, 0.15) is 0 Å². The van der Waals surface area contributed by atoms with Crippen LogP contribution in [0.5, 0.6) is 0 Å². The third-order valence-corrected chi connectivity index (χ3v) is 3.91. The van der Waals surface area contributed by atoms with E-state index in [-0.39, 0.29) is 10.6 Å². The van der Waals surface area contributed by atoms with Crippen LogP contribution in [0.15, 0.2) is 12.3 Å². The van der Waals surface area contributed by atoms with Crippen molar-refractivity contribution >= 4 is 11.5 Å². The molecule has 1 aromatic heterocycles. The summed E-state index contributed by atoms with van der Waals surface area (Å²) in [6.07, 6.45) is 3.94. The average Bonchev–Trinajstić information content (AvgIpc) is 2.46. The van der Waals surface area contributed by atoms with Crippen molar-refractivity contribution < 1.29 is 4.92 Å². The van der Waals surface area contributed by atoms with E-state index < -0.39 is 0 Å². The van der Waals surface area contributed by atoms with Crippen molar-refractivity contribution in [2.24, 2.45) is 5.92 Å². The van der Waals surface area contributed by atoms with Crippen LogP contribution in [0.4, 0.5) is 11.5 Å². The molecular weight excluding hydrogens is 256 g/mol. The molecule has 0 aliphatic carbocycles. The maximum atomic E-state index is 11.0. The Morgan fingerprint density at radius 3 is 2.80 bits per heavy atom. The predicted molar refractivity (Wildman–Crippen MR) is 79.0 cm³/mol. The number of nitrogens with one attached hydrogen (secondary N) is 1. The van der Waals surface area contributed by atoms with Crippen molar-refractivity contribution in [2.45, 2.75) is 26.7 Å². The minimum atomic E-state index is -0.373. The van der Waals surface area contributed by atoms with Gasteiger partial charge in [0.15, 0.2) is 0 Å². The van der Waals surface area contributed by atoms with Crippen LogP contribution in [0.1, 0.15) is 25.3 Å². The smallest absolute Gasteiger partial charge is 0.311 e. The van der Waals surface area contributed by atoms with Crippen molar-refractivity contribution in [3.63, 3.8) is 0 Å². The molecule has 6 heteroatoms. The Bertz CT molecular complexity index is 470. The largest absolute Gasteiger partial charge is 0.364 e. The normalized spacial score (nSPS) is 17.1. The topological polar surface area (TPSA) is 71.3 Å². The first-order chi connectivity index (χ1) is 9.60. The molecule has 0 amide bonds. The third-order valence-electron chi connectivity index (χ3n) is 3.91. The van der Waals surface area contributed by atoms with Crippen molar-refractivity contribution in [1.82, 2.24) is 9.88 Å². The molecule has 1 aromatic rings. The Kier molecular flexibility index (Phi) is 4.89. The second-order valence-corrected chi connectivity index (χ2v) is 5.40. The molecule has 0 saturated carbocycles. The number of likely N-dealkylation sites (tertiary alicyclic amines) is 1. The minimum absolute atomic E-state index is 0.0657. The molecule has 0 unspecified atom stereocenters. The molecule has 0 aromatic carbocycles.